The molecule has 0 aliphatic rings. The maximum Gasteiger partial charge on any atom is 0.0814 e. The summed E-state index contributed by atoms with van der Waals surface area (Å²) in [4.78, 5) is 0. The Labute approximate surface area is 78.1 Å². The normalized spacial score (nSPS) is 11.5. The van der Waals surface area contributed by atoms with Crippen molar-refractivity contribution in [1.29, 1.82) is 0 Å². The first-order valence-electron chi connectivity index (χ1n) is 4.06. The van der Waals surface area contributed by atoms with Crippen LogP contribution in [0.1, 0.15) is 41.0 Å². The highest BCUT2D eigenvalue weighted by molar-refractivity contribution is 8.00. The summed E-state index contributed by atoms with van der Waals surface area (Å²) in [5.74, 6) is 2.16. The molecule has 0 unspecified atom stereocenters. The minimum absolute atomic E-state index is 0. The van der Waals surface area contributed by atoms with Gasteiger partial charge in [0, 0.05) is 4.75 Å². The van der Waals surface area contributed by atoms with Gasteiger partial charge in [0.2, 0.25) is 0 Å². The lowest BCUT2D eigenvalue weighted by molar-refractivity contribution is 0.629. The maximum atomic E-state index is 2.28. The molecular formula is C9H23BS. The van der Waals surface area contributed by atoms with Crippen LogP contribution in [0.5, 0.6) is 0 Å². The van der Waals surface area contributed by atoms with Crippen molar-refractivity contribution >= 4 is 20.2 Å². The molecule has 0 bridgehead atoms. The van der Waals surface area contributed by atoms with Gasteiger partial charge in [-0.15, -0.1) is 0 Å². The Morgan fingerprint density at radius 2 is 1.64 bits per heavy atom. The highest BCUT2D eigenvalue weighted by atomic mass is 32.2. The van der Waals surface area contributed by atoms with Gasteiger partial charge in [0.05, 0.1) is 8.41 Å². The van der Waals surface area contributed by atoms with E-state index in [-0.39, 0.29) is 8.41 Å². The van der Waals surface area contributed by atoms with Crippen LogP contribution in [0, 0.1) is 5.92 Å². The summed E-state index contributed by atoms with van der Waals surface area (Å²) >= 11 is 2.06. The molecule has 0 saturated heterocycles. The second-order valence-corrected chi connectivity index (χ2v) is 6.07. The van der Waals surface area contributed by atoms with E-state index in [1.54, 1.807) is 0 Å². The highest BCUT2D eigenvalue weighted by Crippen LogP contribution is 2.24. The van der Waals surface area contributed by atoms with E-state index in [1.165, 1.54) is 12.2 Å². The van der Waals surface area contributed by atoms with Crippen LogP contribution in [0.4, 0.5) is 0 Å². The van der Waals surface area contributed by atoms with Gasteiger partial charge >= 0.3 is 0 Å². The first kappa shape index (κ1) is 14.0. The van der Waals surface area contributed by atoms with Crippen molar-refractivity contribution in [3.63, 3.8) is 0 Å². The fraction of sp³-hybridized carbons (Fsp3) is 1.00. The van der Waals surface area contributed by atoms with E-state index in [2.05, 4.69) is 46.4 Å². The van der Waals surface area contributed by atoms with Gasteiger partial charge in [-0.1, -0.05) is 34.6 Å². The van der Waals surface area contributed by atoms with E-state index in [1.807, 2.05) is 0 Å². The lowest BCUT2D eigenvalue weighted by Crippen LogP contribution is -2.08. The van der Waals surface area contributed by atoms with E-state index in [4.69, 9.17) is 0 Å². The van der Waals surface area contributed by atoms with Crippen LogP contribution in [0.2, 0.25) is 0 Å². The van der Waals surface area contributed by atoms with Gasteiger partial charge in [0.25, 0.3) is 0 Å². The molecule has 0 spiro atoms. The number of hydrogen-bond donors (Lipinski definition) is 0. The maximum absolute atomic E-state index is 2.28. The van der Waals surface area contributed by atoms with Gasteiger partial charge < -0.3 is 0 Å². The smallest absolute Gasteiger partial charge is 0.0814 e. The summed E-state index contributed by atoms with van der Waals surface area (Å²) < 4.78 is 0.453. The van der Waals surface area contributed by atoms with Gasteiger partial charge in [-0.2, -0.15) is 11.8 Å². The molecule has 0 radical (unpaired) electrons. The van der Waals surface area contributed by atoms with Crippen LogP contribution in [0.15, 0.2) is 0 Å². The van der Waals surface area contributed by atoms with Crippen LogP contribution in [-0.4, -0.2) is 18.9 Å². The van der Waals surface area contributed by atoms with Gasteiger partial charge in [-0.25, -0.2) is 0 Å². The lowest BCUT2D eigenvalue weighted by atomic mass is 10.2. The van der Waals surface area contributed by atoms with Crippen LogP contribution in [0.25, 0.3) is 0 Å². The molecule has 0 atom stereocenters. The molecule has 68 valence electrons. The zero-order valence-corrected chi connectivity index (χ0v) is 8.72. The van der Waals surface area contributed by atoms with Crippen molar-refractivity contribution in [3.8, 4) is 0 Å². The van der Waals surface area contributed by atoms with E-state index in [0.29, 0.717) is 4.75 Å². The predicted molar refractivity (Wildman–Crippen MR) is 61.6 cm³/mol. The van der Waals surface area contributed by atoms with Crippen LogP contribution in [0.3, 0.4) is 0 Å². The van der Waals surface area contributed by atoms with Crippen molar-refractivity contribution in [2.75, 3.05) is 5.75 Å². The third kappa shape index (κ3) is 13.4. The average molecular weight is 174 g/mol. The molecule has 0 nitrogen and oxygen atoms in total. The summed E-state index contributed by atoms with van der Waals surface area (Å²) in [5, 5.41) is 0. The summed E-state index contributed by atoms with van der Waals surface area (Å²) in [6.45, 7) is 11.4. The average Bonchev–Trinajstić information content (AvgIpc) is 1.59. The molecule has 2 heteroatoms. The Kier molecular flexibility index (Phi) is 7.61. The summed E-state index contributed by atoms with van der Waals surface area (Å²) in [7, 11) is 0. The molecule has 0 N–H and O–H groups in total. The monoisotopic (exact) mass is 174 g/mol. The summed E-state index contributed by atoms with van der Waals surface area (Å²) in [6, 6.07) is 0. The summed E-state index contributed by atoms with van der Waals surface area (Å²) in [5.41, 5.74) is 0. The zero-order chi connectivity index (χ0) is 8.20. The lowest BCUT2D eigenvalue weighted by Gasteiger charge is -2.17. The van der Waals surface area contributed by atoms with E-state index >= 15 is 0 Å². The molecule has 0 saturated carbocycles. The minimum atomic E-state index is 0. The fourth-order valence-electron chi connectivity index (χ4n) is 0.601. The van der Waals surface area contributed by atoms with Gasteiger partial charge in [-0.05, 0) is 18.1 Å². The van der Waals surface area contributed by atoms with Gasteiger partial charge in [0.1, 0.15) is 0 Å². The van der Waals surface area contributed by atoms with Crippen LogP contribution in [-0.2, 0) is 0 Å². The first-order valence-corrected chi connectivity index (χ1v) is 5.04. The standard InChI is InChI=1S/C9H20S.BH3/c1-8(2)6-7-10-9(3,4)5;/h8H,6-7H2,1-5H3;1H3. The minimum Gasteiger partial charge on any atom is -0.156 e. The van der Waals surface area contributed by atoms with E-state index < -0.39 is 0 Å². The first-order chi connectivity index (χ1) is 4.42. The topological polar surface area (TPSA) is 0 Å². The van der Waals surface area contributed by atoms with Crippen molar-refractivity contribution < 1.29 is 0 Å². The molecule has 0 aliphatic carbocycles. The molecule has 0 aromatic carbocycles. The Morgan fingerprint density at radius 1 is 1.18 bits per heavy atom. The van der Waals surface area contributed by atoms with Gasteiger partial charge in [-0.3, -0.25) is 0 Å². The Morgan fingerprint density at radius 3 is 1.91 bits per heavy atom. The highest BCUT2D eigenvalue weighted by Gasteiger charge is 2.09. The fourth-order valence-corrected chi connectivity index (χ4v) is 1.80. The quantitative estimate of drug-likeness (QED) is 0.592. The van der Waals surface area contributed by atoms with Crippen molar-refractivity contribution in [3.05, 3.63) is 0 Å². The van der Waals surface area contributed by atoms with Crippen LogP contribution < -0.4 is 0 Å². The Hall–Kier alpha value is 0.415. The second-order valence-electron chi connectivity index (χ2n) is 4.14. The molecule has 0 amide bonds. The van der Waals surface area contributed by atoms with E-state index in [0.717, 1.165) is 5.92 Å². The van der Waals surface area contributed by atoms with Crippen molar-refractivity contribution in [1.82, 2.24) is 0 Å². The van der Waals surface area contributed by atoms with Crippen molar-refractivity contribution in [2.45, 2.75) is 45.8 Å². The third-order valence-corrected chi connectivity index (χ3v) is 2.54. The number of thioether (sulfide) groups is 1. The van der Waals surface area contributed by atoms with Gasteiger partial charge in [0.15, 0.2) is 0 Å². The summed E-state index contributed by atoms with van der Waals surface area (Å²) in [6.07, 6.45) is 1.35. The molecule has 0 rings (SSSR count). The molecule has 0 aliphatic heterocycles. The van der Waals surface area contributed by atoms with Crippen LogP contribution >= 0.6 is 11.8 Å². The predicted octanol–water partition coefficient (Wildman–Crippen LogP) is 2.38. The Bertz CT molecular complexity index is 84.1. The molecule has 0 heterocycles. The molecular weight excluding hydrogens is 151 g/mol. The molecule has 11 heavy (non-hydrogen) atoms. The third-order valence-electron chi connectivity index (χ3n) is 1.23. The Balaban J connectivity index is 0. The van der Waals surface area contributed by atoms with Crippen molar-refractivity contribution in [2.24, 2.45) is 5.92 Å². The largest absolute Gasteiger partial charge is 0.156 e. The number of hydrogen-bond acceptors (Lipinski definition) is 1. The molecule has 0 aromatic heterocycles. The van der Waals surface area contributed by atoms with E-state index in [9.17, 15) is 0 Å². The zero-order valence-electron chi connectivity index (χ0n) is 7.90. The molecule has 0 fully saturated rings. The number of rotatable bonds is 3. The SMILES string of the molecule is B.CC(C)CCSC(C)(C)C. The molecule has 0 aromatic rings. The second kappa shape index (κ2) is 5.99.